The van der Waals surface area contributed by atoms with Gasteiger partial charge in [0.2, 0.25) is 0 Å². The summed E-state index contributed by atoms with van der Waals surface area (Å²) in [6.45, 7) is 11.1. The summed E-state index contributed by atoms with van der Waals surface area (Å²) in [6, 6.07) is 9.23. The monoisotopic (exact) mass is 235 g/mol. The van der Waals surface area contributed by atoms with Gasteiger partial charge >= 0.3 is 0 Å². The molecule has 17 heavy (non-hydrogen) atoms. The highest BCUT2D eigenvalue weighted by Gasteiger charge is 2.12. The van der Waals surface area contributed by atoms with E-state index < -0.39 is 0 Å². The molecule has 0 amide bonds. The van der Waals surface area contributed by atoms with Gasteiger partial charge in [0.25, 0.3) is 0 Å². The fourth-order valence-corrected chi connectivity index (χ4v) is 1.84. The lowest BCUT2D eigenvalue weighted by atomic mass is 9.98. The van der Waals surface area contributed by atoms with E-state index in [4.69, 9.17) is 4.74 Å². The lowest BCUT2D eigenvalue weighted by Gasteiger charge is -2.20. The van der Waals surface area contributed by atoms with E-state index in [0.717, 1.165) is 19.8 Å². The maximum absolute atomic E-state index is 5.58. The highest BCUT2D eigenvalue weighted by Crippen LogP contribution is 2.17. The fourth-order valence-electron chi connectivity index (χ4n) is 1.84. The van der Waals surface area contributed by atoms with E-state index in [1.54, 1.807) is 0 Å². The van der Waals surface area contributed by atoms with Gasteiger partial charge in [-0.2, -0.15) is 0 Å². The molecule has 0 radical (unpaired) electrons. The topological polar surface area (TPSA) is 21.3 Å². The third-order valence-electron chi connectivity index (χ3n) is 2.81. The van der Waals surface area contributed by atoms with E-state index >= 15 is 0 Å². The first kappa shape index (κ1) is 14.2. The molecule has 1 atom stereocenters. The molecular weight excluding hydrogens is 210 g/mol. The van der Waals surface area contributed by atoms with Gasteiger partial charge in [-0.1, -0.05) is 43.7 Å². The molecule has 0 saturated heterocycles. The van der Waals surface area contributed by atoms with E-state index in [1.165, 1.54) is 11.1 Å². The Bertz CT molecular complexity index is 322. The quantitative estimate of drug-likeness (QED) is 0.784. The van der Waals surface area contributed by atoms with Crippen molar-refractivity contribution in [3.63, 3.8) is 0 Å². The number of ether oxygens (including phenoxy) is 1. The largest absolute Gasteiger partial charge is 0.381 e. The van der Waals surface area contributed by atoms with Gasteiger partial charge in [-0.25, -0.2) is 0 Å². The van der Waals surface area contributed by atoms with Gasteiger partial charge in [0.1, 0.15) is 0 Å². The zero-order valence-corrected chi connectivity index (χ0v) is 11.5. The van der Waals surface area contributed by atoms with Crippen molar-refractivity contribution in [2.75, 3.05) is 19.8 Å². The molecule has 0 aliphatic rings. The van der Waals surface area contributed by atoms with Crippen LogP contribution in [-0.4, -0.2) is 25.8 Å². The van der Waals surface area contributed by atoms with Crippen LogP contribution in [0.1, 0.15) is 37.8 Å². The molecule has 0 spiro atoms. The van der Waals surface area contributed by atoms with Gasteiger partial charge < -0.3 is 10.1 Å². The minimum atomic E-state index is 0.442. The van der Waals surface area contributed by atoms with Crippen molar-refractivity contribution in [3.05, 3.63) is 35.4 Å². The first-order valence-electron chi connectivity index (χ1n) is 6.51. The zero-order valence-electron chi connectivity index (χ0n) is 11.5. The molecule has 0 aliphatic carbocycles. The Morgan fingerprint density at radius 1 is 1.29 bits per heavy atom. The van der Waals surface area contributed by atoms with Gasteiger partial charge in [0.15, 0.2) is 0 Å². The first-order chi connectivity index (χ1) is 8.13. The van der Waals surface area contributed by atoms with Crippen LogP contribution in [-0.2, 0) is 4.74 Å². The summed E-state index contributed by atoms with van der Waals surface area (Å²) in [5, 5.41) is 3.49. The van der Waals surface area contributed by atoms with Crippen molar-refractivity contribution in [2.45, 2.75) is 39.7 Å². The van der Waals surface area contributed by atoms with Gasteiger partial charge in [0, 0.05) is 25.1 Å². The molecule has 0 heterocycles. The standard InChI is InChI=1S/C15H25NO/c1-5-17-11-15(10-16-12(2)3)14-8-6-7-13(4)9-14/h6-9,12,15-16H,5,10-11H2,1-4H3. The Morgan fingerprint density at radius 3 is 2.65 bits per heavy atom. The summed E-state index contributed by atoms with van der Waals surface area (Å²) in [6.07, 6.45) is 0. The number of hydrogen-bond donors (Lipinski definition) is 1. The molecule has 1 aromatic carbocycles. The predicted octanol–water partition coefficient (Wildman–Crippen LogP) is 3.11. The van der Waals surface area contributed by atoms with E-state index in [1.807, 2.05) is 6.92 Å². The van der Waals surface area contributed by atoms with Crippen LogP contribution < -0.4 is 5.32 Å². The molecule has 1 unspecified atom stereocenters. The maximum Gasteiger partial charge on any atom is 0.0546 e. The zero-order chi connectivity index (χ0) is 12.7. The molecule has 2 nitrogen and oxygen atoms in total. The Morgan fingerprint density at radius 2 is 2.06 bits per heavy atom. The predicted molar refractivity (Wildman–Crippen MR) is 73.6 cm³/mol. The molecule has 0 aliphatic heterocycles. The second-order valence-electron chi connectivity index (χ2n) is 4.83. The Kier molecular flexibility index (Phi) is 6.23. The Hall–Kier alpha value is -0.860. The van der Waals surface area contributed by atoms with E-state index in [0.29, 0.717) is 12.0 Å². The molecule has 0 saturated carbocycles. The highest BCUT2D eigenvalue weighted by atomic mass is 16.5. The lowest BCUT2D eigenvalue weighted by molar-refractivity contribution is 0.131. The van der Waals surface area contributed by atoms with Crippen LogP contribution in [0.5, 0.6) is 0 Å². The number of aryl methyl sites for hydroxylation is 1. The number of benzene rings is 1. The third kappa shape index (κ3) is 5.33. The maximum atomic E-state index is 5.58. The molecule has 0 aromatic heterocycles. The van der Waals surface area contributed by atoms with Crippen LogP contribution in [0, 0.1) is 6.92 Å². The minimum absolute atomic E-state index is 0.442. The average molecular weight is 235 g/mol. The van der Waals surface area contributed by atoms with Crippen molar-refractivity contribution < 1.29 is 4.74 Å². The van der Waals surface area contributed by atoms with Gasteiger partial charge in [-0.3, -0.25) is 0 Å². The SMILES string of the molecule is CCOCC(CNC(C)C)c1cccc(C)c1. The molecular formula is C15H25NO. The summed E-state index contributed by atoms with van der Waals surface area (Å²) in [4.78, 5) is 0. The van der Waals surface area contributed by atoms with Crippen molar-refractivity contribution in [1.29, 1.82) is 0 Å². The van der Waals surface area contributed by atoms with Crippen LogP contribution in [0.2, 0.25) is 0 Å². The molecule has 1 N–H and O–H groups in total. The summed E-state index contributed by atoms with van der Waals surface area (Å²) >= 11 is 0. The molecule has 1 rings (SSSR count). The molecule has 0 fully saturated rings. The summed E-state index contributed by atoms with van der Waals surface area (Å²) in [5.74, 6) is 0.442. The van der Waals surface area contributed by atoms with Crippen molar-refractivity contribution >= 4 is 0 Å². The first-order valence-corrected chi connectivity index (χ1v) is 6.51. The second-order valence-corrected chi connectivity index (χ2v) is 4.83. The van der Waals surface area contributed by atoms with Crippen molar-refractivity contribution in [3.8, 4) is 0 Å². The highest BCUT2D eigenvalue weighted by molar-refractivity contribution is 5.25. The Balaban J connectivity index is 2.67. The Labute approximate surface area is 105 Å². The number of nitrogens with one attached hydrogen (secondary N) is 1. The van der Waals surface area contributed by atoms with Crippen LogP contribution >= 0.6 is 0 Å². The summed E-state index contributed by atoms with van der Waals surface area (Å²) in [5.41, 5.74) is 2.68. The fraction of sp³-hybridized carbons (Fsp3) is 0.600. The van der Waals surface area contributed by atoms with Crippen LogP contribution in [0.4, 0.5) is 0 Å². The molecule has 96 valence electrons. The average Bonchev–Trinajstić information content (AvgIpc) is 2.29. The van der Waals surface area contributed by atoms with Crippen molar-refractivity contribution in [1.82, 2.24) is 5.32 Å². The van der Waals surface area contributed by atoms with Crippen LogP contribution in [0.25, 0.3) is 0 Å². The van der Waals surface area contributed by atoms with E-state index in [2.05, 4.69) is 50.4 Å². The van der Waals surface area contributed by atoms with Crippen molar-refractivity contribution in [2.24, 2.45) is 0 Å². The number of rotatable bonds is 7. The van der Waals surface area contributed by atoms with Crippen LogP contribution in [0.3, 0.4) is 0 Å². The molecule has 1 aromatic rings. The van der Waals surface area contributed by atoms with Gasteiger partial charge in [-0.05, 0) is 19.4 Å². The number of hydrogen-bond acceptors (Lipinski definition) is 2. The third-order valence-corrected chi connectivity index (χ3v) is 2.81. The summed E-state index contributed by atoms with van der Waals surface area (Å²) in [7, 11) is 0. The van der Waals surface area contributed by atoms with E-state index in [9.17, 15) is 0 Å². The second kappa shape index (κ2) is 7.46. The van der Waals surface area contributed by atoms with Gasteiger partial charge in [-0.15, -0.1) is 0 Å². The van der Waals surface area contributed by atoms with Crippen LogP contribution in [0.15, 0.2) is 24.3 Å². The van der Waals surface area contributed by atoms with E-state index in [-0.39, 0.29) is 0 Å². The minimum Gasteiger partial charge on any atom is -0.381 e. The summed E-state index contributed by atoms with van der Waals surface area (Å²) < 4.78 is 5.58. The molecule has 0 bridgehead atoms. The van der Waals surface area contributed by atoms with Gasteiger partial charge in [0.05, 0.1) is 6.61 Å². The lowest BCUT2D eigenvalue weighted by Crippen LogP contribution is -2.30. The smallest absolute Gasteiger partial charge is 0.0546 e. The molecule has 2 heteroatoms. The normalized spacial score (nSPS) is 13.0.